The van der Waals surface area contributed by atoms with Gasteiger partial charge in [0, 0.05) is 19.2 Å². The van der Waals surface area contributed by atoms with Crippen molar-refractivity contribution in [2.24, 2.45) is 0 Å². The maximum atomic E-state index is 11.6. The average Bonchev–Trinajstić information content (AvgIpc) is 2.28. The SMILES string of the molecule is CNC(=O)C(C)(C)c1ccc([N+](=O)[O-])cc1. The third-order valence-electron chi connectivity index (χ3n) is 2.59. The second-order valence-corrected chi connectivity index (χ2v) is 4.01. The smallest absolute Gasteiger partial charge is 0.269 e. The van der Waals surface area contributed by atoms with Crippen LogP contribution in [0.25, 0.3) is 0 Å². The number of nitro groups is 1. The first kappa shape index (κ1) is 12.2. The van der Waals surface area contributed by atoms with Crippen molar-refractivity contribution in [3.8, 4) is 0 Å². The molecule has 5 nitrogen and oxygen atoms in total. The lowest BCUT2D eigenvalue weighted by atomic mass is 9.84. The molecule has 0 aliphatic carbocycles. The third kappa shape index (κ3) is 2.18. The highest BCUT2D eigenvalue weighted by Gasteiger charge is 2.28. The molecule has 0 heterocycles. The monoisotopic (exact) mass is 222 g/mol. The van der Waals surface area contributed by atoms with Gasteiger partial charge >= 0.3 is 0 Å². The standard InChI is InChI=1S/C11H14N2O3/c1-11(2,10(14)12-3)8-4-6-9(7-5-8)13(15)16/h4-7H,1-3H3,(H,12,14). The number of benzene rings is 1. The van der Waals surface area contributed by atoms with E-state index in [1.165, 1.54) is 12.1 Å². The molecule has 0 fully saturated rings. The topological polar surface area (TPSA) is 72.2 Å². The number of rotatable bonds is 3. The van der Waals surface area contributed by atoms with Crippen LogP contribution >= 0.6 is 0 Å². The molecule has 5 heteroatoms. The first-order valence-corrected chi connectivity index (χ1v) is 4.86. The summed E-state index contributed by atoms with van der Waals surface area (Å²) in [6.07, 6.45) is 0. The molecule has 1 aromatic rings. The second-order valence-electron chi connectivity index (χ2n) is 4.01. The number of amides is 1. The molecule has 0 aliphatic heterocycles. The Hall–Kier alpha value is -1.91. The van der Waals surface area contributed by atoms with Crippen molar-refractivity contribution in [3.05, 3.63) is 39.9 Å². The van der Waals surface area contributed by atoms with E-state index < -0.39 is 10.3 Å². The van der Waals surface area contributed by atoms with Crippen LogP contribution in [0, 0.1) is 10.1 Å². The van der Waals surface area contributed by atoms with Gasteiger partial charge in [0.25, 0.3) is 5.69 Å². The van der Waals surface area contributed by atoms with E-state index in [2.05, 4.69) is 5.32 Å². The van der Waals surface area contributed by atoms with Crippen molar-refractivity contribution in [1.29, 1.82) is 0 Å². The Labute approximate surface area is 93.6 Å². The number of carbonyl (C=O) groups is 1. The van der Waals surface area contributed by atoms with Gasteiger partial charge in [-0.1, -0.05) is 12.1 Å². The van der Waals surface area contributed by atoms with Crippen molar-refractivity contribution in [2.45, 2.75) is 19.3 Å². The van der Waals surface area contributed by atoms with Crippen LogP contribution in [-0.4, -0.2) is 17.9 Å². The minimum atomic E-state index is -0.691. The lowest BCUT2D eigenvalue weighted by molar-refractivity contribution is -0.384. The van der Waals surface area contributed by atoms with Crippen molar-refractivity contribution in [2.75, 3.05) is 7.05 Å². The van der Waals surface area contributed by atoms with Crippen LogP contribution in [0.3, 0.4) is 0 Å². The summed E-state index contributed by atoms with van der Waals surface area (Å²) in [5, 5.41) is 13.0. The van der Waals surface area contributed by atoms with Crippen LogP contribution < -0.4 is 5.32 Å². The predicted octanol–water partition coefficient (Wildman–Crippen LogP) is 1.62. The van der Waals surface area contributed by atoms with Gasteiger partial charge in [-0.3, -0.25) is 14.9 Å². The zero-order chi connectivity index (χ0) is 12.3. The highest BCUT2D eigenvalue weighted by Crippen LogP contribution is 2.25. The van der Waals surface area contributed by atoms with Gasteiger partial charge in [0.05, 0.1) is 10.3 Å². The van der Waals surface area contributed by atoms with Crippen LogP contribution in [0.5, 0.6) is 0 Å². The normalized spacial score (nSPS) is 10.9. The molecule has 0 atom stereocenters. The number of likely N-dealkylation sites (N-methyl/N-ethyl adjacent to an activating group) is 1. The average molecular weight is 222 g/mol. The first-order chi connectivity index (χ1) is 7.39. The van der Waals surface area contributed by atoms with Crippen LogP contribution in [0.2, 0.25) is 0 Å². The molecule has 0 spiro atoms. The highest BCUT2D eigenvalue weighted by molar-refractivity contribution is 5.87. The van der Waals surface area contributed by atoms with Gasteiger partial charge in [0.1, 0.15) is 0 Å². The van der Waals surface area contributed by atoms with Crippen LogP contribution in [0.4, 0.5) is 5.69 Å². The second kappa shape index (κ2) is 4.30. The fraction of sp³-hybridized carbons (Fsp3) is 0.364. The van der Waals surface area contributed by atoms with Crippen LogP contribution in [0.1, 0.15) is 19.4 Å². The maximum absolute atomic E-state index is 11.6. The molecule has 0 unspecified atom stereocenters. The molecule has 1 rings (SSSR count). The van der Waals surface area contributed by atoms with E-state index >= 15 is 0 Å². The zero-order valence-corrected chi connectivity index (χ0v) is 9.48. The van der Waals surface area contributed by atoms with Crippen molar-refractivity contribution >= 4 is 11.6 Å². The molecule has 0 aromatic heterocycles. The Morgan fingerprint density at radius 1 is 1.31 bits per heavy atom. The zero-order valence-electron chi connectivity index (χ0n) is 9.48. The van der Waals surface area contributed by atoms with E-state index in [0.717, 1.165) is 5.56 Å². The van der Waals surface area contributed by atoms with E-state index in [1.54, 1.807) is 33.0 Å². The summed E-state index contributed by atoms with van der Waals surface area (Å²) in [7, 11) is 1.56. The number of hydrogen-bond donors (Lipinski definition) is 1. The lowest BCUT2D eigenvalue weighted by Gasteiger charge is -2.22. The van der Waals surface area contributed by atoms with Gasteiger partial charge in [-0.05, 0) is 19.4 Å². The molecular formula is C11H14N2O3. The molecule has 0 radical (unpaired) electrons. The van der Waals surface area contributed by atoms with Gasteiger partial charge in [0.15, 0.2) is 0 Å². The largest absolute Gasteiger partial charge is 0.358 e. The van der Waals surface area contributed by atoms with Crippen LogP contribution in [-0.2, 0) is 10.2 Å². The fourth-order valence-electron chi connectivity index (χ4n) is 1.44. The minimum Gasteiger partial charge on any atom is -0.358 e. The quantitative estimate of drug-likeness (QED) is 0.623. The Morgan fingerprint density at radius 3 is 2.19 bits per heavy atom. The molecule has 1 aromatic carbocycles. The van der Waals surface area contributed by atoms with Gasteiger partial charge in [0.2, 0.25) is 5.91 Å². The number of hydrogen-bond acceptors (Lipinski definition) is 3. The molecule has 86 valence electrons. The Balaban J connectivity index is 3.06. The Morgan fingerprint density at radius 2 is 1.81 bits per heavy atom. The summed E-state index contributed by atoms with van der Waals surface area (Å²) in [4.78, 5) is 21.6. The molecule has 0 saturated carbocycles. The molecular weight excluding hydrogens is 208 g/mol. The van der Waals surface area contributed by atoms with Crippen molar-refractivity contribution in [1.82, 2.24) is 5.32 Å². The number of carbonyl (C=O) groups excluding carboxylic acids is 1. The summed E-state index contributed by atoms with van der Waals surface area (Å²) < 4.78 is 0. The Bertz CT molecular complexity index is 410. The summed E-state index contributed by atoms with van der Waals surface area (Å²) >= 11 is 0. The number of nitrogens with one attached hydrogen (secondary N) is 1. The molecule has 1 amide bonds. The predicted molar refractivity (Wildman–Crippen MR) is 60.2 cm³/mol. The number of nitro benzene ring substituents is 1. The molecule has 0 bridgehead atoms. The van der Waals surface area contributed by atoms with Crippen molar-refractivity contribution in [3.63, 3.8) is 0 Å². The third-order valence-corrected chi connectivity index (χ3v) is 2.59. The van der Waals surface area contributed by atoms with E-state index in [0.29, 0.717) is 0 Å². The van der Waals surface area contributed by atoms with Gasteiger partial charge in [-0.15, -0.1) is 0 Å². The molecule has 1 N–H and O–H groups in total. The van der Waals surface area contributed by atoms with E-state index in [-0.39, 0.29) is 11.6 Å². The van der Waals surface area contributed by atoms with E-state index in [1.807, 2.05) is 0 Å². The molecule has 16 heavy (non-hydrogen) atoms. The minimum absolute atomic E-state index is 0.0245. The molecule has 0 saturated heterocycles. The van der Waals surface area contributed by atoms with E-state index in [4.69, 9.17) is 0 Å². The van der Waals surface area contributed by atoms with Crippen molar-refractivity contribution < 1.29 is 9.72 Å². The highest BCUT2D eigenvalue weighted by atomic mass is 16.6. The van der Waals surface area contributed by atoms with Gasteiger partial charge in [-0.2, -0.15) is 0 Å². The van der Waals surface area contributed by atoms with Crippen LogP contribution in [0.15, 0.2) is 24.3 Å². The van der Waals surface area contributed by atoms with E-state index in [9.17, 15) is 14.9 Å². The van der Waals surface area contributed by atoms with Gasteiger partial charge in [-0.25, -0.2) is 0 Å². The maximum Gasteiger partial charge on any atom is 0.269 e. The summed E-state index contributed by atoms with van der Waals surface area (Å²) in [6, 6.07) is 6.01. The summed E-state index contributed by atoms with van der Waals surface area (Å²) in [5.41, 5.74) is 0.0815. The van der Waals surface area contributed by atoms with Gasteiger partial charge < -0.3 is 5.32 Å². The number of non-ortho nitro benzene ring substituents is 1. The summed E-state index contributed by atoms with van der Waals surface area (Å²) in [6.45, 7) is 3.54. The first-order valence-electron chi connectivity index (χ1n) is 4.86. The Kier molecular flexibility index (Phi) is 3.27. The lowest BCUT2D eigenvalue weighted by Crippen LogP contribution is -2.37. The fourth-order valence-corrected chi connectivity index (χ4v) is 1.44. The summed E-state index contributed by atoms with van der Waals surface area (Å²) in [5.74, 6) is -0.124. The molecule has 0 aliphatic rings. The number of nitrogens with zero attached hydrogens (tertiary/aromatic N) is 1.